The van der Waals surface area contributed by atoms with Crippen LogP contribution in [-0.2, 0) is 0 Å². The molecule has 0 bridgehead atoms. The van der Waals surface area contributed by atoms with E-state index in [1.165, 1.54) is 11.4 Å². The summed E-state index contributed by atoms with van der Waals surface area (Å²) in [6.07, 6.45) is 0. The van der Waals surface area contributed by atoms with Crippen LogP contribution in [0.4, 0.5) is 11.4 Å². The Hall–Kier alpha value is -0.930. The molecule has 82 valence electrons. The van der Waals surface area contributed by atoms with Crippen LogP contribution in [-0.4, -0.2) is 33.2 Å². The van der Waals surface area contributed by atoms with Gasteiger partial charge in [0.05, 0.1) is 17.4 Å². The smallest absolute Gasteiger partial charge is 0.0617 e. The van der Waals surface area contributed by atoms with E-state index in [-0.39, 0.29) is 0 Å². The molecule has 1 aromatic rings. The maximum absolute atomic E-state index is 5.99. The first kappa shape index (κ1) is 10.6. The SMILES string of the molecule is CN1CC(CN)N(C)c2ccc(Cl)cc21. The molecular weight excluding hydrogens is 210 g/mol. The van der Waals surface area contributed by atoms with Gasteiger partial charge in [-0.05, 0) is 18.2 Å². The van der Waals surface area contributed by atoms with E-state index >= 15 is 0 Å². The van der Waals surface area contributed by atoms with Gasteiger partial charge in [-0.3, -0.25) is 0 Å². The van der Waals surface area contributed by atoms with Crippen molar-refractivity contribution in [1.82, 2.24) is 0 Å². The van der Waals surface area contributed by atoms with Gasteiger partial charge in [0, 0.05) is 32.2 Å². The topological polar surface area (TPSA) is 32.5 Å². The number of nitrogens with two attached hydrogens (primary N) is 1. The highest BCUT2D eigenvalue weighted by Crippen LogP contribution is 2.35. The summed E-state index contributed by atoms with van der Waals surface area (Å²) in [6, 6.07) is 6.35. The molecule has 2 N–H and O–H groups in total. The van der Waals surface area contributed by atoms with Gasteiger partial charge in [0.15, 0.2) is 0 Å². The summed E-state index contributed by atoms with van der Waals surface area (Å²) in [6.45, 7) is 1.61. The number of hydrogen-bond acceptors (Lipinski definition) is 3. The van der Waals surface area contributed by atoms with Gasteiger partial charge in [-0.1, -0.05) is 11.6 Å². The fraction of sp³-hybridized carbons (Fsp3) is 0.455. The van der Waals surface area contributed by atoms with E-state index < -0.39 is 0 Å². The molecule has 2 rings (SSSR count). The molecule has 0 fully saturated rings. The predicted octanol–water partition coefficient (Wildman–Crippen LogP) is 1.55. The first-order chi connectivity index (χ1) is 7.13. The third kappa shape index (κ3) is 1.77. The lowest BCUT2D eigenvalue weighted by Gasteiger charge is -2.40. The molecular formula is C11H16ClN3. The summed E-state index contributed by atoms with van der Waals surface area (Å²) >= 11 is 5.99. The van der Waals surface area contributed by atoms with Crippen LogP contribution in [0.3, 0.4) is 0 Å². The molecule has 1 aliphatic rings. The highest BCUT2D eigenvalue weighted by atomic mass is 35.5. The fourth-order valence-electron chi connectivity index (χ4n) is 2.07. The summed E-state index contributed by atoms with van der Waals surface area (Å²) < 4.78 is 0. The minimum atomic E-state index is 0.378. The Morgan fingerprint density at radius 1 is 1.40 bits per heavy atom. The lowest BCUT2D eigenvalue weighted by molar-refractivity contribution is 0.609. The predicted molar refractivity (Wildman–Crippen MR) is 66.0 cm³/mol. The van der Waals surface area contributed by atoms with Crippen molar-refractivity contribution in [1.29, 1.82) is 0 Å². The van der Waals surface area contributed by atoms with Gasteiger partial charge >= 0.3 is 0 Å². The van der Waals surface area contributed by atoms with Gasteiger partial charge in [-0.2, -0.15) is 0 Å². The van der Waals surface area contributed by atoms with Crippen molar-refractivity contribution in [3.63, 3.8) is 0 Å². The lowest BCUT2D eigenvalue weighted by Crippen LogP contribution is -2.49. The molecule has 1 unspecified atom stereocenters. The second kappa shape index (κ2) is 3.91. The number of rotatable bonds is 1. The monoisotopic (exact) mass is 225 g/mol. The van der Waals surface area contributed by atoms with Crippen LogP contribution >= 0.6 is 11.6 Å². The molecule has 1 aromatic carbocycles. The van der Waals surface area contributed by atoms with E-state index in [9.17, 15) is 0 Å². The second-order valence-electron chi connectivity index (χ2n) is 4.01. The van der Waals surface area contributed by atoms with Gasteiger partial charge in [-0.25, -0.2) is 0 Å². The number of likely N-dealkylation sites (N-methyl/N-ethyl adjacent to an activating group) is 2. The molecule has 0 saturated heterocycles. The Bertz CT molecular complexity index is 367. The molecule has 0 saturated carbocycles. The zero-order valence-electron chi connectivity index (χ0n) is 9.07. The molecule has 0 spiro atoms. The summed E-state index contributed by atoms with van der Waals surface area (Å²) in [7, 11) is 4.15. The molecule has 0 radical (unpaired) electrons. The van der Waals surface area contributed by atoms with Gasteiger partial charge < -0.3 is 15.5 Å². The molecule has 1 atom stereocenters. The normalized spacial score (nSPS) is 20.4. The molecule has 0 aromatic heterocycles. The minimum absolute atomic E-state index is 0.378. The van der Waals surface area contributed by atoms with E-state index in [0.29, 0.717) is 12.6 Å². The highest BCUT2D eigenvalue weighted by molar-refractivity contribution is 6.31. The summed E-state index contributed by atoms with van der Waals surface area (Å²) in [5, 5.41) is 0.778. The number of benzene rings is 1. The second-order valence-corrected chi connectivity index (χ2v) is 4.45. The maximum atomic E-state index is 5.99. The average molecular weight is 226 g/mol. The fourth-order valence-corrected chi connectivity index (χ4v) is 2.23. The molecule has 4 heteroatoms. The first-order valence-corrected chi connectivity index (χ1v) is 5.45. The number of hydrogen-bond donors (Lipinski definition) is 1. The van der Waals surface area contributed by atoms with Gasteiger partial charge in [0.1, 0.15) is 0 Å². The van der Waals surface area contributed by atoms with Crippen LogP contribution in [0.15, 0.2) is 18.2 Å². The number of anilines is 2. The van der Waals surface area contributed by atoms with Crippen LogP contribution in [0, 0.1) is 0 Å². The van der Waals surface area contributed by atoms with Gasteiger partial charge in [0.25, 0.3) is 0 Å². The maximum Gasteiger partial charge on any atom is 0.0617 e. The Kier molecular flexibility index (Phi) is 2.76. The standard InChI is InChI=1S/C11H16ClN3/c1-14-7-9(6-13)15(2)10-4-3-8(12)5-11(10)14/h3-5,9H,6-7,13H2,1-2H3. The zero-order chi connectivity index (χ0) is 11.0. The Balaban J connectivity index is 2.44. The molecule has 3 nitrogen and oxygen atoms in total. The van der Waals surface area contributed by atoms with Crippen LogP contribution in [0.2, 0.25) is 5.02 Å². The van der Waals surface area contributed by atoms with Crippen molar-refractivity contribution in [3.05, 3.63) is 23.2 Å². The Morgan fingerprint density at radius 2 is 2.13 bits per heavy atom. The molecule has 1 aliphatic heterocycles. The first-order valence-electron chi connectivity index (χ1n) is 5.07. The van der Waals surface area contributed by atoms with Crippen LogP contribution < -0.4 is 15.5 Å². The van der Waals surface area contributed by atoms with Crippen molar-refractivity contribution in [2.45, 2.75) is 6.04 Å². The quantitative estimate of drug-likeness (QED) is 0.787. The third-order valence-electron chi connectivity index (χ3n) is 3.03. The van der Waals surface area contributed by atoms with Crippen LogP contribution in [0.5, 0.6) is 0 Å². The van der Waals surface area contributed by atoms with E-state index in [2.05, 4.69) is 30.0 Å². The number of nitrogens with zero attached hydrogens (tertiary/aromatic N) is 2. The summed E-state index contributed by atoms with van der Waals surface area (Å²) in [4.78, 5) is 4.43. The third-order valence-corrected chi connectivity index (χ3v) is 3.27. The van der Waals surface area contributed by atoms with E-state index in [4.69, 9.17) is 17.3 Å². The number of fused-ring (bicyclic) bond motifs is 1. The van der Waals surface area contributed by atoms with Gasteiger partial charge in [0.2, 0.25) is 0 Å². The minimum Gasteiger partial charge on any atom is -0.371 e. The van der Waals surface area contributed by atoms with E-state index in [0.717, 1.165) is 11.6 Å². The highest BCUT2D eigenvalue weighted by Gasteiger charge is 2.25. The lowest BCUT2D eigenvalue weighted by atomic mass is 10.1. The Morgan fingerprint density at radius 3 is 2.80 bits per heavy atom. The van der Waals surface area contributed by atoms with Gasteiger partial charge in [-0.15, -0.1) is 0 Å². The number of halogens is 1. The summed E-state index contributed by atoms with van der Waals surface area (Å²) in [5.74, 6) is 0. The molecule has 1 heterocycles. The van der Waals surface area contributed by atoms with Crippen molar-refractivity contribution >= 4 is 23.0 Å². The molecule has 15 heavy (non-hydrogen) atoms. The van der Waals surface area contributed by atoms with Crippen molar-refractivity contribution in [3.8, 4) is 0 Å². The van der Waals surface area contributed by atoms with Crippen molar-refractivity contribution < 1.29 is 0 Å². The van der Waals surface area contributed by atoms with Crippen LogP contribution in [0.25, 0.3) is 0 Å². The molecule has 0 aliphatic carbocycles. The summed E-state index contributed by atoms with van der Waals surface area (Å²) in [5.41, 5.74) is 8.12. The Labute approximate surface area is 95.4 Å². The largest absolute Gasteiger partial charge is 0.371 e. The average Bonchev–Trinajstić information content (AvgIpc) is 2.23. The zero-order valence-corrected chi connectivity index (χ0v) is 9.83. The van der Waals surface area contributed by atoms with Crippen molar-refractivity contribution in [2.24, 2.45) is 5.73 Å². The van der Waals surface area contributed by atoms with Crippen molar-refractivity contribution in [2.75, 3.05) is 37.0 Å². The van der Waals surface area contributed by atoms with E-state index in [1.807, 2.05) is 12.1 Å². The van der Waals surface area contributed by atoms with E-state index in [1.54, 1.807) is 0 Å². The molecule has 0 amide bonds. The van der Waals surface area contributed by atoms with Crippen LogP contribution in [0.1, 0.15) is 0 Å².